The Balaban J connectivity index is 1.68. The number of carbonyl (C=O) groups excluding carboxylic acids is 1. The second kappa shape index (κ2) is 6.68. The smallest absolute Gasteiger partial charge is 0.278 e. The quantitative estimate of drug-likeness (QED) is 0.866. The van der Waals surface area contributed by atoms with Crippen molar-refractivity contribution in [2.45, 2.75) is 31.3 Å². The van der Waals surface area contributed by atoms with Crippen LogP contribution in [-0.2, 0) is 11.2 Å². The first-order chi connectivity index (χ1) is 11.6. The Morgan fingerprint density at radius 3 is 2.83 bits per heavy atom. The van der Waals surface area contributed by atoms with Crippen LogP contribution >= 0.6 is 34.5 Å². The van der Waals surface area contributed by atoms with Crippen molar-refractivity contribution < 1.29 is 10.1 Å². The van der Waals surface area contributed by atoms with Gasteiger partial charge in [-0.25, -0.2) is 0 Å². The minimum Gasteiger partial charge on any atom is -0.336 e. The lowest BCUT2D eigenvalue weighted by Crippen LogP contribution is -2.88. The van der Waals surface area contributed by atoms with Gasteiger partial charge in [-0.05, 0) is 41.1 Å². The monoisotopic (exact) mass is 381 g/mol. The lowest BCUT2D eigenvalue weighted by atomic mass is 9.93. The molecule has 1 aliphatic heterocycles. The van der Waals surface area contributed by atoms with Crippen molar-refractivity contribution in [1.82, 2.24) is 4.90 Å². The highest BCUT2D eigenvalue weighted by Gasteiger charge is 2.35. The van der Waals surface area contributed by atoms with E-state index in [1.54, 1.807) is 17.4 Å². The number of carbonyl (C=O) groups is 1. The van der Waals surface area contributed by atoms with Crippen LogP contribution in [0.25, 0.3) is 0 Å². The molecule has 0 saturated heterocycles. The summed E-state index contributed by atoms with van der Waals surface area (Å²) in [7, 11) is 0. The summed E-state index contributed by atoms with van der Waals surface area (Å²) in [5, 5.41) is 5.51. The Morgan fingerprint density at radius 2 is 2.08 bits per heavy atom. The van der Waals surface area contributed by atoms with Crippen molar-refractivity contribution in [2.24, 2.45) is 0 Å². The normalized spacial score (nSPS) is 20.1. The highest BCUT2D eigenvalue weighted by atomic mass is 35.5. The Labute approximate surface area is 155 Å². The first kappa shape index (κ1) is 16.4. The van der Waals surface area contributed by atoms with Gasteiger partial charge in [0.05, 0.1) is 12.1 Å². The van der Waals surface area contributed by atoms with E-state index in [9.17, 15) is 4.79 Å². The second-order valence-electron chi connectivity index (χ2n) is 6.48. The number of hydrogen-bond donors (Lipinski definition) is 1. The average Bonchev–Trinajstić information content (AvgIpc) is 3.27. The number of halogens is 2. The molecule has 3 nitrogen and oxygen atoms in total. The van der Waals surface area contributed by atoms with Crippen molar-refractivity contribution in [3.8, 4) is 0 Å². The van der Waals surface area contributed by atoms with E-state index in [1.807, 2.05) is 17.0 Å². The van der Waals surface area contributed by atoms with E-state index < -0.39 is 0 Å². The standard InChI is InChI=1S/C18H18Cl2N2OS/c19-11-1-4-13(15(20)9-11)18-14-6-8-24-16(14)5-7-22(18)17(23)10-21-12-2-3-12/h1,4,6,8-9,12,18,21H,2-3,5,7,10H2/p+1/t18-/m1/s1. The van der Waals surface area contributed by atoms with E-state index >= 15 is 0 Å². The number of rotatable bonds is 4. The molecule has 2 aromatic rings. The van der Waals surface area contributed by atoms with Crippen LogP contribution in [0, 0.1) is 0 Å². The Hall–Kier alpha value is -1.07. The number of quaternary nitrogens is 1. The first-order valence-corrected chi connectivity index (χ1v) is 9.91. The zero-order chi connectivity index (χ0) is 16.7. The molecule has 2 N–H and O–H groups in total. The third kappa shape index (κ3) is 3.21. The topological polar surface area (TPSA) is 36.9 Å². The zero-order valence-corrected chi connectivity index (χ0v) is 15.5. The third-order valence-corrected chi connectivity index (χ3v) is 6.35. The lowest BCUT2D eigenvalue weighted by Gasteiger charge is -2.36. The van der Waals surface area contributed by atoms with Gasteiger partial charge in [0.15, 0.2) is 6.54 Å². The van der Waals surface area contributed by atoms with Crippen LogP contribution < -0.4 is 5.32 Å². The number of nitrogens with zero attached hydrogens (tertiary/aromatic N) is 1. The number of amides is 1. The number of fused-ring (bicyclic) bond motifs is 1. The maximum atomic E-state index is 12.9. The highest BCUT2D eigenvalue weighted by Crippen LogP contribution is 2.40. The van der Waals surface area contributed by atoms with Crippen LogP contribution in [-0.4, -0.2) is 29.9 Å². The fourth-order valence-corrected chi connectivity index (χ4v) is 4.78. The molecule has 0 radical (unpaired) electrons. The summed E-state index contributed by atoms with van der Waals surface area (Å²) in [4.78, 5) is 16.2. The first-order valence-electron chi connectivity index (χ1n) is 8.27. The molecule has 1 atom stereocenters. The second-order valence-corrected chi connectivity index (χ2v) is 8.33. The van der Waals surface area contributed by atoms with Crippen molar-refractivity contribution in [2.75, 3.05) is 13.1 Å². The van der Waals surface area contributed by atoms with E-state index in [2.05, 4.69) is 16.8 Å². The Morgan fingerprint density at radius 1 is 1.25 bits per heavy atom. The minimum absolute atomic E-state index is 0.107. The summed E-state index contributed by atoms with van der Waals surface area (Å²) in [5.41, 5.74) is 2.16. The van der Waals surface area contributed by atoms with Crippen LogP contribution in [0.5, 0.6) is 0 Å². The van der Waals surface area contributed by atoms with Gasteiger partial charge in [0.2, 0.25) is 0 Å². The molecule has 6 heteroatoms. The number of nitrogens with two attached hydrogens (primary N) is 1. The van der Waals surface area contributed by atoms with Gasteiger partial charge in [0.1, 0.15) is 0 Å². The van der Waals surface area contributed by atoms with Crippen molar-refractivity contribution in [1.29, 1.82) is 0 Å². The number of hydrogen-bond acceptors (Lipinski definition) is 2. The van der Waals surface area contributed by atoms with Gasteiger partial charge in [-0.2, -0.15) is 0 Å². The maximum absolute atomic E-state index is 12.9. The predicted molar refractivity (Wildman–Crippen MR) is 97.9 cm³/mol. The van der Waals surface area contributed by atoms with Crippen molar-refractivity contribution >= 4 is 40.4 Å². The summed E-state index contributed by atoms with van der Waals surface area (Å²) >= 11 is 14.3. The van der Waals surface area contributed by atoms with Gasteiger partial charge in [0, 0.05) is 34.3 Å². The van der Waals surface area contributed by atoms with Crippen LogP contribution in [0.1, 0.15) is 34.9 Å². The summed E-state index contributed by atoms with van der Waals surface area (Å²) in [6.45, 7) is 1.26. The molecule has 24 heavy (non-hydrogen) atoms. The summed E-state index contributed by atoms with van der Waals surface area (Å²) in [6, 6.07) is 8.23. The molecule has 1 aromatic carbocycles. The number of benzene rings is 1. The molecular weight excluding hydrogens is 363 g/mol. The molecule has 4 rings (SSSR count). The molecule has 1 aromatic heterocycles. The van der Waals surface area contributed by atoms with Crippen LogP contribution in [0.15, 0.2) is 29.6 Å². The Kier molecular flexibility index (Phi) is 4.56. The third-order valence-electron chi connectivity index (χ3n) is 4.79. The summed E-state index contributed by atoms with van der Waals surface area (Å²) < 4.78 is 0. The molecule has 1 fully saturated rings. The zero-order valence-electron chi connectivity index (χ0n) is 13.2. The molecule has 1 amide bonds. The molecular formula is C18H19Cl2N2OS+. The molecule has 0 bridgehead atoms. The molecule has 2 aliphatic rings. The maximum Gasteiger partial charge on any atom is 0.278 e. The molecule has 2 heterocycles. The average molecular weight is 382 g/mol. The lowest BCUT2D eigenvalue weighted by molar-refractivity contribution is -0.658. The van der Waals surface area contributed by atoms with E-state index in [0.717, 1.165) is 18.5 Å². The van der Waals surface area contributed by atoms with Gasteiger partial charge in [0.25, 0.3) is 5.91 Å². The minimum atomic E-state index is -0.107. The van der Waals surface area contributed by atoms with Gasteiger partial charge in [-0.3, -0.25) is 4.79 Å². The fourth-order valence-electron chi connectivity index (χ4n) is 3.36. The van der Waals surface area contributed by atoms with Crippen LogP contribution in [0.3, 0.4) is 0 Å². The molecule has 1 saturated carbocycles. The molecule has 0 unspecified atom stereocenters. The Bertz CT molecular complexity index is 772. The van der Waals surface area contributed by atoms with Gasteiger partial charge in [-0.1, -0.05) is 29.3 Å². The molecule has 0 spiro atoms. The van der Waals surface area contributed by atoms with E-state index in [4.69, 9.17) is 23.2 Å². The van der Waals surface area contributed by atoms with E-state index in [1.165, 1.54) is 23.3 Å². The van der Waals surface area contributed by atoms with Crippen LogP contribution in [0.4, 0.5) is 0 Å². The SMILES string of the molecule is O=C(C[NH2+]C1CC1)N1CCc2sccc2[C@H]1c1ccc(Cl)cc1Cl. The molecule has 126 valence electrons. The number of thiophene rings is 1. The van der Waals surface area contributed by atoms with E-state index in [0.29, 0.717) is 22.6 Å². The fraction of sp³-hybridized carbons (Fsp3) is 0.389. The van der Waals surface area contributed by atoms with E-state index in [-0.39, 0.29) is 11.9 Å². The summed E-state index contributed by atoms with van der Waals surface area (Å²) in [6.07, 6.45) is 3.38. The van der Waals surface area contributed by atoms with Crippen molar-refractivity contribution in [3.63, 3.8) is 0 Å². The van der Waals surface area contributed by atoms with Gasteiger partial charge in [-0.15, -0.1) is 11.3 Å². The van der Waals surface area contributed by atoms with Crippen LogP contribution in [0.2, 0.25) is 10.0 Å². The van der Waals surface area contributed by atoms with Gasteiger partial charge >= 0.3 is 0 Å². The summed E-state index contributed by atoms with van der Waals surface area (Å²) in [5.74, 6) is 0.190. The predicted octanol–water partition coefficient (Wildman–Crippen LogP) is 3.25. The molecule has 1 aliphatic carbocycles. The largest absolute Gasteiger partial charge is 0.336 e. The highest BCUT2D eigenvalue weighted by molar-refractivity contribution is 7.10. The van der Waals surface area contributed by atoms with Gasteiger partial charge < -0.3 is 10.2 Å². The van der Waals surface area contributed by atoms with Crippen molar-refractivity contribution in [3.05, 3.63) is 55.7 Å².